The molecule has 1 aliphatic carbocycles. The van der Waals surface area contributed by atoms with E-state index in [1.54, 1.807) is 42.1 Å². The average Bonchev–Trinajstić information content (AvgIpc) is 3.11. The van der Waals surface area contributed by atoms with Crippen LogP contribution in [0.1, 0.15) is 46.6 Å². The first-order valence-electron chi connectivity index (χ1n) is 10.4. The normalized spacial score (nSPS) is 15.6. The van der Waals surface area contributed by atoms with Gasteiger partial charge in [0, 0.05) is 28.3 Å². The number of hydrogen-bond acceptors (Lipinski definition) is 6. The number of ketones is 1. The van der Waals surface area contributed by atoms with Crippen molar-refractivity contribution in [2.75, 3.05) is 7.11 Å². The molecule has 0 saturated heterocycles. The van der Waals surface area contributed by atoms with Gasteiger partial charge in [-0.05, 0) is 55.9 Å². The van der Waals surface area contributed by atoms with Crippen molar-refractivity contribution in [1.29, 1.82) is 0 Å². The molecule has 0 fully saturated rings. The highest BCUT2D eigenvalue weighted by Gasteiger charge is 2.24. The van der Waals surface area contributed by atoms with E-state index in [0.29, 0.717) is 28.9 Å². The number of benzene rings is 1. The lowest BCUT2D eigenvalue weighted by Crippen LogP contribution is -2.23. The molecule has 7 heteroatoms. The molecule has 4 rings (SSSR count). The fourth-order valence-corrected chi connectivity index (χ4v) is 6.47. The van der Waals surface area contributed by atoms with Gasteiger partial charge in [0.05, 0.1) is 12.5 Å². The number of nitrogens with zero attached hydrogens (tertiary/aromatic N) is 2. The minimum Gasteiger partial charge on any atom is -0.496 e. The fourth-order valence-electron chi connectivity index (χ4n) is 4.06. The number of ether oxygens (including phenoxy) is 1. The first-order valence-corrected chi connectivity index (χ1v) is 12.2. The molecule has 0 spiro atoms. The fraction of sp³-hybridized carbons (Fsp3) is 0.375. The van der Waals surface area contributed by atoms with E-state index in [-0.39, 0.29) is 11.3 Å². The molecule has 0 saturated carbocycles. The van der Waals surface area contributed by atoms with Gasteiger partial charge in [0.1, 0.15) is 10.6 Å². The zero-order valence-electron chi connectivity index (χ0n) is 18.1. The van der Waals surface area contributed by atoms with Crippen LogP contribution < -0.4 is 10.3 Å². The molecule has 2 heterocycles. The number of fused-ring (bicyclic) bond motifs is 3. The summed E-state index contributed by atoms with van der Waals surface area (Å²) < 4.78 is 7.19. The van der Waals surface area contributed by atoms with Crippen molar-refractivity contribution >= 4 is 39.1 Å². The number of aryl methyl sites for hydroxylation is 1. The van der Waals surface area contributed by atoms with Crippen LogP contribution in [0.5, 0.6) is 5.75 Å². The Hall–Kier alpha value is -2.38. The first-order chi connectivity index (χ1) is 14.9. The summed E-state index contributed by atoms with van der Waals surface area (Å²) in [6.07, 6.45) is 4.82. The number of rotatable bonds is 7. The Labute approximate surface area is 190 Å². The molecule has 1 aromatic carbocycles. The maximum Gasteiger partial charge on any atom is 0.263 e. The zero-order valence-corrected chi connectivity index (χ0v) is 19.7. The van der Waals surface area contributed by atoms with Crippen molar-refractivity contribution in [2.45, 2.75) is 50.6 Å². The van der Waals surface area contributed by atoms with Gasteiger partial charge >= 0.3 is 0 Å². The van der Waals surface area contributed by atoms with E-state index in [1.165, 1.54) is 22.2 Å². The van der Waals surface area contributed by atoms with E-state index in [0.717, 1.165) is 40.8 Å². The summed E-state index contributed by atoms with van der Waals surface area (Å²) in [5.41, 5.74) is 2.76. The molecule has 0 bridgehead atoms. The summed E-state index contributed by atoms with van der Waals surface area (Å²) in [6.45, 7) is 8.06. The van der Waals surface area contributed by atoms with Crippen LogP contribution in [0.25, 0.3) is 10.2 Å². The van der Waals surface area contributed by atoms with Gasteiger partial charge in [0.15, 0.2) is 10.9 Å². The van der Waals surface area contributed by atoms with Crippen LogP contribution in [0, 0.1) is 5.92 Å². The number of allylic oxidation sites excluding steroid dienone is 1. The minimum absolute atomic E-state index is 0.00964. The maximum absolute atomic E-state index is 13.4. The van der Waals surface area contributed by atoms with E-state index in [2.05, 4.69) is 13.5 Å². The highest BCUT2D eigenvalue weighted by Crippen LogP contribution is 2.37. The number of thioether (sulfide) groups is 1. The number of aromatic nitrogens is 2. The van der Waals surface area contributed by atoms with Crippen LogP contribution in [0.4, 0.5) is 0 Å². The van der Waals surface area contributed by atoms with Crippen LogP contribution in [0.3, 0.4) is 0 Å². The minimum atomic E-state index is 0.00964. The van der Waals surface area contributed by atoms with Gasteiger partial charge in [-0.15, -0.1) is 17.9 Å². The van der Waals surface area contributed by atoms with E-state index in [1.807, 2.05) is 12.1 Å². The van der Waals surface area contributed by atoms with Gasteiger partial charge in [-0.25, -0.2) is 4.98 Å². The predicted molar refractivity (Wildman–Crippen MR) is 128 cm³/mol. The SMILES string of the molecule is C=CCn1c(SCc2cc(C(C)=O)ccc2OC)nc2sc3c(c2c1=O)CCC(C)C3. The van der Waals surface area contributed by atoms with E-state index in [4.69, 9.17) is 9.72 Å². The Morgan fingerprint density at radius 1 is 1.45 bits per heavy atom. The van der Waals surface area contributed by atoms with Crippen molar-refractivity contribution in [3.63, 3.8) is 0 Å². The Morgan fingerprint density at radius 3 is 2.97 bits per heavy atom. The molecule has 0 N–H and O–H groups in total. The quantitative estimate of drug-likeness (QED) is 0.211. The van der Waals surface area contributed by atoms with Crippen molar-refractivity contribution in [2.24, 2.45) is 5.92 Å². The number of carbonyl (C=O) groups is 1. The largest absolute Gasteiger partial charge is 0.496 e. The zero-order chi connectivity index (χ0) is 22.1. The second-order valence-electron chi connectivity index (χ2n) is 8.00. The Morgan fingerprint density at radius 2 is 2.26 bits per heavy atom. The second-order valence-corrected chi connectivity index (χ2v) is 10.0. The number of hydrogen-bond donors (Lipinski definition) is 0. The molecule has 3 aromatic rings. The van der Waals surface area contributed by atoms with E-state index >= 15 is 0 Å². The topological polar surface area (TPSA) is 61.2 Å². The molecule has 2 aromatic heterocycles. The highest BCUT2D eigenvalue weighted by molar-refractivity contribution is 7.98. The summed E-state index contributed by atoms with van der Waals surface area (Å²) in [4.78, 5) is 32.3. The third-order valence-electron chi connectivity index (χ3n) is 5.74. The van der Waals surface area contributed by atoms with Crippen molar-refractivity contribution in [3.05, 3.63) is 62.8 Å². The molecule has 162 valence electrons. The predicted octanol–water partition coefficient (Wildman–Crippen LogP) is 5.27. The molecule has 0 amide bonds. The standard InChI is InChI=1S/C24H26N2O3S2/c1-5-10-26-23(28)21-18-8-6-14(2)11-20(18)31-22(21)25-24(26)30-13-17-12-16(15(3)27)7-9-19(17)29-4/h5,7,9,12,14H,1,6,8,10-11,13H2,2-4H3. The van der Waals surface area contributed by atoms with Gasteiger partial charge in [0.2, 0.25) is 0 Å². The lowest BCUT2D eigenvalue weighted by atomic mass is 9.89. The van der Waals surface area contributed by atoms with Gasteiger partial charge in [-0.3, -0.25) is 14.2 Å². The van der Waals surface area contributed by atoms with Gasteiger partial charge < -0.3 is 4.74 Å². The Bertz CT molecular complexity index is 1230. The van der Waals surface area contributed by atoms with Crippen LogP contribution >= 0.6 is 23.1 Å². The Kier molecular flexibility index (Phi) is 6.34. The number of Topliss-reactive ketones (excluding diaryl/α,β-unsaturated/α-hetero) is 1. The molecule has 5 nitrogen and oxygen atoms in total. The van der Waals surface area contributed by atoms with Crippen molar-refractivity contribution in [3.8, 4) is 5.75 Å². The molecule has 31 heavy (non-hydrogen) atoms. The van der Waals surface area contributed by atoms with Crippen LogP contribution in [-0.2, 0) is 25.1 Å². The van der Waals surface area contributed by atoms with Gasteiger partial charge in [-0.1, -0.05) is 24.8 Å². The summed E-state index contributed by atoms with van der Waals surface area (Å²) >= 11 is 3.15. The van der Waals surface area contributed by atoms with Crippen LogP contribution in [0.15, 0.2) is 40.8 Å². The van der Waals surface area contributed by atoms with Crippen molar-refractivity contribution < 1.29 is 9.53 Å². The molecular formula is C24H26N2O3S2. The van der Waals surface area contributed by atoms with Crippen molar-refractivity contribution in [1.82, 2.24) is 9.55 Å². The second kappa shape index (κ2) is 9.01. The number of carbonyl (C=O) groups excluding carboxylic acids is 1. The smallest absolute Gasteiger partial charge is 0.263 e. The van der Waals surface area contributed by atoms with Gasteiger partial charge in [0.25, 0.3) is 5.56 Å². The van der Waals surface area contributed by atoms with Crippen LogP contribution in [-0.4, -0.2) is 22.4 Å². The monoisotopic (exact) mass is 454 g/mol. The molecule has 0 aliphatic heterocycles. The summed E-state index contributed by atoms with van der Waals surface area (Å²) in [5, 5.41) is 1.45. The first kappa shape index (κ1) is 21.8. The maximum atomic E-state index is 13.4. The summed E-state index contributed by atoms with van der Waals surface area (Å²) in [6, 6.07) is 5.44. The molecule has 1 unspecified atom stereocenters. The number of methoxy groups -OCH3 is 1. The van der Waals surface area contributed by atoms with E-state index in [9.17, 15) is 9.59 Å². The molecule has 1 atom stereocenters. The molecule has 1 aliphatic rings. The lowest BCUT2D eigenvalue weighted by Gasteiger charge is -2.17. The summed E-state index contributed by atoms with van der Waals surface area (Å²) in [5.74, 6) is 1.92. The van der Waals surface area contributed by atoms with Gasteiger partial charge in [-0.2, -0.15) is 0 Å². The summed E-state index contributed by atoms with van der Waals surface area (Å²) in [7, 11) is 1.62. The molecular weight excluding hydrogens is 428 g/mol. The average molecular weight is 455 g/mol. The Balaban J connectivity index is 1.75. The molecule has 0 radical (unpaired) electrons. The van der Waals surface area contributed by atoms with Crippen LogP contribution in [0.2, 0.25) is 0 Å². The lowest BCUT2D eigenvalue weighted by molar-refractivity contribution is 0.101. The third-order valence-corrected chi connectivity index (χ3v) is 7.91. The third kappa shape index (κ3) is 4.21. The highest BCUT2D eigenvalue weighted by atomic mass is 32.2. The van der Waals surface area contributed by atoms with E-state index < -0.39 is 0 Å². The number of thiophene rings is 1.